The van der Waals surface area contributed by atoms with E-state index in [2.05, 4.69) is 16.4 Å². The molecule has 140 valence electrons. The molecule has 3 rings (SSSR count). The van der Waals surface area contributed by atoms with Crippen LogP contribution in [0.5, 0.6) is 0 Å². The summed E-state index contributed by atoms with van der Waals surface area (Å²) >= 11 is 1.29. The number of hydrogen-bond donors (Lipinski definition) is 1. The first kappa shape index (κ1) is 19.3. The van der Waals surface area contributed by atoms with Gasteiger partial charge in [-0.25, -0.2) is 4.98 Å². The summed E-state index contributed by atoms with van der Waals surface area (Å²) in [7, 11) is 1.71. The van der Waals surface area contributed by atoms with Crippen molar-refractivity contribution in [2.24, 2.45) is 0 Å². The molecule has 3 aromatic rings. The lowest BCUT2D eigenvalue weighted by atomic mass is 10.1. The van der Waals surface area contributed by atoms with E-state index in [4.69, 9.17) is 5.26 Å². The molecule has 1 N–H and O–H groups in total. The second-order valence-corrected chi connectivity index (χ2v) is 7.06. The van der Waals surface area contributed by atoms with Crippen LogP contribution in [0.2, 0.25) is 0 Å². The smallest absolute Gasteiger partial charge is 0.257 e. The minimum Gasteiger partial charge on any atom is -0.341 e. The molecular weight excluding hydrogens is 372 g/mol. The van der Waals surface area contributed by atoms with Crippen molar-refractivity contribution in [3.8, 4) is 6.07 Å². The zero-order chi connectivity index (χ0) is 19.9. The fourth-order valence-electron chi connectivity index (χ4n) is 2.60. The van der Waals surface area contributed by atoms with E-state index < -0.39 is 0 Å². The number of carbonyl (C=O) groups excluding carboxylic acids is 2. The van der Waals surface area contributed by atoms with Gasteiger partial charge in [0.2, 0.25) is 5.91 Å². The Bertz CT molecular complexity index is 1020. The van der Waals surface area contributed by atoms with E-state index in [9.17, 15) is 9.59 Å². The monoisotopic (exact) mass is 390 g/mol. The standard InChI is InChI=1S/C21H18N4O2S/c1-25(13-16-7-5-6-15(10-16)12-22)19(26)11-18-14-28-21(23-18)24-20(27)17-8-3-2-4-9-17/h2-10,14H,11,13H2,1H3,(H,23,24,27). The van der Waals surface area contributed by atoms with Gasteiger partial charge in [-0.15, -0.1) is 11.3 Å². The minimum atomic E-state index is -0.234. The van der Waals surface area contributed by atoms with Crippen LogP contribution >= 0.6 is 11.3 Å². The van der Waals surface area contributed by atoms with Crippen LogP contribution < -0.4 is 5.32 Å². The average molecular weight is 390 g/mol. The van der Waals surface area contributed by atoms with Crippen LogP contribution in [0.4, 0.5) is 5.13 Å². The second-order valence-electron chi connectivity index (χ2n) is 6.20. The quantitative estimate of drug-likeness (QED) is 0.698. The fourth-order valence-corrected chi connectivity index (χ4v) is 3.30. The van der Waals surface area contributed by atoms with E-state index in [1.807, 2.05) is 12.1 Å². The molecule has 0 spiro atoms. The summed E-state index contributed by atoms with van der Waals surface area (Å²) in [6, 6.07) is 18.2. The van der Waals surface area contributed by atoms with Gasteiger partial charge in [0.15, 0.2) is 5.13 Å². The molecule has 1 heterocycles. The first-order valence-corrected chi connectivity index (χ1v) is 9.47. The molecule has 0 atom stereocenters. The van der Waals surface area contributed by atoms with Crippen LogP contribution in [0.25, 0.3) is 0 Å². The highest BCUT2D eigenvalue weighted by Gasteiger charge is 2.14. The first-order chi connectivity index (χ1) is 13.5. The fraction of sp³-hybridized carbons (Fsp3) is 0.143. The second kappa shape index (κ2) is 8.93. The van der Waals surface area contributed by atoms with E-state index in [0.717, 1.165) is 5.56 Å². The molecule has 0 aliphatic rings. The van der Waals surface area contributed by atoms with E-state index in [1.54, 1.807) is 59.8 Å². The largest absolute Gasteiger partial charge is 0.341 e. The van der Waals surface area contributed by atoms with Gasteiger partial charge in [-0.1, -0.05) is 30.3 Å². The zero-order valence-electron chi connectivity index (χ0n) is 15.3. The van der Waals surface area contributed by atoms with Crippen molar-refractivity contribution in [3.05, 3.63) is 82.4 Å². The molecule has 7 heteroatoms. The molecule has 0 aliphatic carbocycles. The summed E-state index contributed by atoms with van der Waals surface area (Å²) in [5, 5.41) is 13.9. The SMILES string of the molecule is CN(Cc1cccc(C#N)c1)C(=O)Cc1csc(NC(=O)c2ccccc2)n1. The molecule has 1 aromatic heterocycles. The number of likely N-dealkylation sites (N-methyl/N-ethyl adjacent to an activating group) is 1. The van der Waals surface area contributed by atoms with E-state index >= 15 is 0 Å². The van der Waals surface area contributed by atoms with Gasteiger partial charge in [-0.05, 0) is 29.8 Å². The van der Waals surface area contributed by atoms with Crippen molar-refractivity contribution >= 4 is 28.3 Å². The third-order valence-corrected chi connectivity index (χ3v) is 4.85. The molecule has 0 aliphatic heterocycles. The van der Waals surface area contributed by atoms with Gasteiger partial charge in [-0.2, -0.15) is 5.26 Å². The third kappa shape index (κ3) is 5.02. The topological polar surface area (TPSA) is 86.1 Å². The molecule has 0 radical (unpaired) electrons. The van der Waals surface area contributed by atoms with Crippen LogP contribution in [0.1, 0.15) is 27.2 Å². The number of carbonyl (C=O) groups is 2. The van der Waals surface area contributed by atoms with Crippen molar-refractivity contribution < 1.29 is 9.59 Å². The highest BCUT2D eigenvalue weighted by Crippen LogP contribution is 2.18. The lowest BCUT2D eigenvalue weighted by Crippen LogP contribution is -2.27. The lowest BCUT2D eigenvalue weighted by molar-refractivity contribution is -0.129. The Kier molecular flexibility index (Phi) is 6.14. The van der Waals surface area contributed by atoms with Crippen molar-refractivity contribution in [1.82, 2.24) is 9.88 Å². The normalized spacial score (nSPS) is 10.1. The lowest BCUT2D eigenvalue weighted by Gasteiger charge is -2.16. The molecule has 6 nitrogen and oxygen atoms in total. The van der Waals surface area contributed by atoms with Crippen LogP contribution in [0.3, 0.4) is 0 Å². The summed E-state index contributed by atoms with van der Waals surface area (Å²) in [6.07, 6.45) is 0.145. The number of thiazole rings is 1. The first-order valence-electron chi connectivity index (χ1n) is 8.59. The Morgan fingerprint density at radius 3 is 2.71 bits per heavy atom. The molecule has 0 saturated heterocycles. The average Bonchev–Trinajstić information content (AvgIpc) is 3.15. The maximum atomic E-state index is 12.5. The van der Waals surface area contributed by atoms with Crippen molar-refractivity contribution in [1.29, 1.82) is 5.26 Å². The van der Waals surface area contributed by atoms with E-state index in [0.29, 0.717) is 28.5 Å². The Morgan fingerprint density at radius 1 is 1.18 bits per heavy atom. The van der Waals surface area contributed by atoms with Gasteiger partial charge in [0.25, 0.3) is 5.91 Å². The highest BCUT2D eigenvalue weighted by atomic mass is 32.1. The highest BCUT2D eigenvalue weighted by molar-refractivity contribution is 7.14. The summed E-state index contributed by atoms with van der Waals surface area (Å²) in [4.78, 5) is 30.6. The van der Waals surface area contributed by atoms with Gasteiger partial charge in [0.05, 0.1) is 23.7 Å². The summed E-state index contributed by atoms with van der Waals surface area (Å²) < 4.78 is 0. The van der Waals surface area contributed by atoms with Gasteiger partial charge in [0, 0.05) is 24.5 Å². The number of anilines is 1. The van der Waals surface area contributed by atoms with E-state index in [-0.39, 0.29) is 18.2 Å². The van der Waals surface area contributed by atoms with Gasteiger partial charge < -0.3 is 4.90 Å². The Labute approximate surface area is 167 Å². The number of benzene rings is 2. The third-order valence-electron chi connectivity index (χ3n) is 4.04. The van der Waals surface area contributed by atoms with Crippen molar-refractivity contribution in [2.45, 2.75) is 13.0 Å². The number of rotatable bonds is 6. The summed E-state index contributed by atoms with van der Waals surface area (Å²) in [5.41, 5.74) is 2.62. The molecule has 0 saturated carbocycles. The Balaban J connectivity index is 1.57. The van der Waals surface area contributed by atoms with Gasteiger partial charge in [-0.3, -0.25) is 14.9 Å². The number of hydrogen-bond acceptors (Lipinski definition) is 5. The predicted molar refractivity (Wildman–Crippen MR) is 108 cm³/mol. The van der Waals surface area contributed by atoms with Crippen molar-refractivity contribution in [2.75, 3.05) is 12.4 Å². The van der Waals surface area contributed by atoms with Crippen LogP contribution in [0.15, 0.2) is 60.0 Å². The number of nitrogens with zero attached hydrogens (tertiary/aromatic N) is 3. The molecule has 28 heavy (non-hydrogen) atoms. The van der Waals surface area contributed by atoms with Crippen LogP contribution in [-0.2, 0) is 17.8 Å². The Morgan fingerprint density at radius 2 is 1.96 bits per heavy atom. The number of amides is 2. The molecule has 0 fully saturated rings. The number of aromatic nitrogens is 1. The van der Waals surface area contributed by atoms with Crippen LogP contribution in [0, 0.1) is 11.3 Å². The maximum Gasteiger partial charge on any atom is 0.257 e. The van der Waals surface area contributed by atoms with Gasteiger partial charge >= 0.3 is 0 Å². The Hall–Kier alpha value is -3.50. The predicted octanol–water partition coefficient (Wildman–Crippen LogP) is 3.47. The molecule has 0 bridgehead atoms. The number of nitrogens with one attached hydrogen (secondary N) is 1. The number of nitriles is 1. The van der Waals surface area contributed by atoms with Crippen molar-refractivity contribution in [3.63, 3.8) is 0 Å². The maximum absolute atomic E-state index is 12.5. The van der Waals surface area contributed by atoms with E-state index in [1.165, 1.54) is 11.3 Å². The molecular formula is C21H18N4O2S. The minimum absolute atomic E-state index is 0.0893. The van der Waals surface area contributed by atoms with Gasteiger partial charge in [0.1, 0.15) is 0 Å². The summed E-state index contributed by atoms with van der Waals surface area (Å²) in [5.74, 6) is -0.323. The zero-order valence-corrected chi connectivity index (χ0v) is 16.1. The summed E-state index contributed by atoms with van der Waals surface area (Å²) in [6.45, 7) is 0.413. The molecule has 2 aromatic carbocycles. The van der Waals surface area contributed by atoms with Crippen LogP contribution in [-0.4, -0.2) is 28.7 Å². The molecule has 0 unspecified atom stereocenters. The molecule has 2 amide bonds.